The molecule has 0 aromatic heterocycles. The molecule has 2 aromatic rings. The van der Waals surface area contributed by atoms with Crippen molar-refractivity contribution >= 4 is 34.0 Å². The first-order chi connectivity index (χ1) is 14.6. The van der Waals surface area contributed by atoms with Crippen LogP contribution < -0.4 is 4.74 Å². The second-order valence-electron chi connectivity index (χ2n) is 8.06. The van der Waals surface area contributed by atoms with E-state index in [4.69, 9.17) is 4.74 Å². The zero-order valence-electron chi connectivity index (χ0n) is 16.3. The maximum absolute atomic E-state index is 12.8. The molecule has 30 heavy (non-hydrogen) atoms. The molecule has 2 amide bonds. The molecule has 5 nitrogen and oxygen atoms in total. The van der Waals surface area contributed by atoms with Crippen LogP contribution >= 0.6 is 15.9 Å². The minimum absolute atomic E-state index is 0.158. The molecule has 1 aliphatic heterocycles. The van der Waals surface area contributed by atoms with E-state index >= 15 is 0 Å². The van der Waals surface area contributed by atoms with Crippen molar-refractivity contribution < 1.29 is 14.3 Å². The van der Waals surface area contributed by atoms with Crippen LogP contribution in [-0.2, 0) is 16.2 Å². The predicted octanol–water partition coefficient (Wildman–Crippen LogP) is 4.56. The fraction of sp³-hybridized carbons (Fsp3) is 0.292. The van der Waals surface area contributed by atoms with Gasteiger partial charge in [0.05, 0.1) is 18.1 Å². The quantitative estimate of drug-likeness (QED) is 0.370. The van der Waals surface area contributed by atoms with Gasteiger partial charge in [0.1, 0.15) is 12.4 Å². The summed E-state index contributed by atoms with van der Waals surface area (Å²) in [6, 6.07) is 15.4. The number of amides is 2. The molecule has 0 radical (unpaired) electrons. The van der Waals surface area contributed by atoms with E-state index in [-0.39, 0.29) is 35.5 Å². The van der Waals surface area contributed by atoms with Crippen LogP contribution in [0.5, 0.6) is 5.75 Å². The third kappa shape index (κ3) is 3.49. The van der Waals surface area contributed by atoms with E-state index in [1.807, 2.05) is 48.5 Å². The second-order valence-corrected chi connectivity index (χ2v) is 8.97. The van der Waals surface area contributed by atoms with Crippen LogP contribution in [0.25, 0.3) is 0 Å². The predicted molar refractivity (Wildman–Crippen MR) is 117 cm³/mol. The highest BCUT2D eigenvalue weighted by Gasteiger charge is 2.56. The van der Waals surface area contributed by atoms with E-state index in [2.05, 4.69) is 33.2 Å². The van der Waals surface area contributed by atoms with Crippen molar-refractivity contribution in [2.24, 2.45) is 28.8 Å². The lowest BCUT2D eigenvalue weighted by Crippen LogP contribution is -2.38. The van der Waals surface area contributed by atoms with E-state index in [9.17, 15) is 9.59 Å². The lowest BCUT2D eigenvalue weighted by molar-refractivity contribution is -0.140. The molecule has 6 heteroatoms. The van der Waals surface area contributed by atoms with E-state index in [1.54, 1.807) is 6.21 Å². The van der Waals surface area contributed by atoms with Gasteiger partial charge < -0.3 is 4.74 Å². The SMILES string of the molecule is O=C1[C@@H]2[C@H](C(=O)N1/N=C\c1ccc(OCc3ccc(Br)cc3)cc1)[C@@H]1C=C[C@H]2CC1. The molecule has 0 unspecified atom stereocenters. The van der Waals surface area contributed by atoms with Gasteiger partial charge in [0, 0.05) is 4.47 Å². The van der Waals surface area contributed by atoms with Gasteiger partial charge in [-0.3, -0.25) is 9.59 Å². The largest absolute Gasteiger partial charge is 0.489 e. The van der Waals surface area contributed by atoms with Crippen LogP contribution in [0.3, 0.4) is 0 Å². The smallest absolute Gasteiger partial charge is 0.254 e. The highest BCUT2D eigenvalue weighted by molar-refractivity contribution is 9.10. The molecular weight excluding hydrogens is 444 g/mol. The first-order valence-corrected chi connectivity index (χ1v) is 11.0. The van der Waals surface area contributed by atoms with Crippen molar-refractivity contribution in [3.8, 4) is 5.75 Å². The summed E-state index contributed by atoms with van der Waals surface area (Å²) < 4.78 is 6.84. The van der Waals surface area contributed by atoms with Crippen LogP contribution in [0.15, 0.2) is 70.3 Å². The number of hydrazone groups is 1. The van der Waals surface area contributed by atoms with Crippen molar-refractivity contribution in [2.75, 3.05) is 0 Å². The molecule has 0 spiro atoms. The number of hydrogen-bond donors (Lipinski definition) is 0. The number of benzene rings is 2. The second kappa shape index (κ2) is 7.84. The fourth-order valence-corrected chi connectivity index (χ4v) is 4.96. The summed E-state index contributed by atoms with van der Waals surface area (Å²) in [5.74, 6) is 0.333. The maximum Gasteiger partial charge on any atom is 0.254 e. The summed E-state index contributed by atoms with van der Waals surface area (Å²) in [6.07, 6.45) is 7.77. The topological polar surface area (TPSA) is 59.0 Å². The molecule has 1 saturated heterocycles. The number of halogens is 1. The average molecular weight is 465 g/mol. The molecule has 4 atom stereocenters. The highest BCUT2D eigenvalue weighted by Crippen LogP contribution is 2.49. The van der Waals surface area contributed by atoms with Crippen molar-refractivity contribution in [3.63, 3.8) is 0 Å². The van der Waals surface area contributed by atoms with Crippen molar-refractivity contribution in [1.29, 1.82) is 0 Å². The molecule has 6 rings (SSSR count). The monoisotopic (exact) mass is 464 g/mol. The third-order valence-electron chi connectivity index (χ3n) is 6.26. The molecule has 152 valence electrons. The van der Waals surface area contributed by atoms with Gasteiger partial charge in [-0.1, -0.05) is 40.2 Å². The Hall–Kier alpha value is -2.73. The molecule has 3 aliphatic carbocycles. The van der Waals surface area contributed by atoms with Gasteiger partial charge in [-0.05, 0) is 72.2 Å². The number of hydrogen-bond acceptors (Lipinski definition) is 4. The number of allylic oxidation sites excluding steroid dienone is 2. The molecular formula is C24H21BrN2O3. The molecule has 1 saturated carbocycles. The molecule has 4 aliphatic rings. The Kier molecular flexibility index (Phi) is 5.03. The Balaban J connectivity index is 1.23. The molecule has 2 bridgehead atoms. The van der Waals surface area contributed by atoms with E-state index in [0.29, 0.717) is 6.61 Å². The minimum atomic E-state index is -0.229. The number of rotatable bonds is 5. The van der Waals surface area contributed by atoms with Gasteiger partial charge in [0.2, 0.25) is 0 Å². The van der Waals surface area contributed by atoms with Gasteiger partial charge in [-0.25, -0.2) is 0 Å². The zero-order chi connectivity index (χ0) is 20.7. The van der Waals surface area contributed by atoms with Gasteiger partial charge in [0.25, 0.3) is 11.8 Å². The number of ether oxygens (including phenoxy) is 1. The normalized spacial score (nSPS) is 27.2. The van der Waals surface area contributed by atoms with Crippen LogP contribution in [-0.4, -0.2) is 23.0 Å². The van der Waals surface area contributed by atoms with Crippen LogP contribution in [0.2, 0.25) is 0 Å². The number of nitrogens with zero attached hydrogens (tertiary/aromatic N) is 2. The van der Waals surface area contributed by atoms with E-state index < -0.39 is 0 Å². The molecule has 1 heterocycles. The van der Waals surface area contributed by atoms with E-state index in [0.717, 1.165) is 39.2 Å². The minimum Gasteiger partial charge on any atom is -0.489 e. The molecule has 0 N–H and O–H groups in total. The average Bonchev–Trinajstić information content (AvgIpc) is 3.05. The van der Waals surface area contributed by atoms with E-state index in [1.165, 1.54) is 0 Å². The number of carbonyl (C=O) groups is 2. The lowest BCUT2D eigenvalue weighted by Gasteiger charge is -2.37. The van der Waals surface area contributed by atoms with Crippen LogP contribution in [0, 0.1) is 23.7 Å². The van der Waals surface area contributed by atoms with Gasteiger partial charge >= 0.3 is 0 Å². The Labute approximate surface area is 183 Å². The van der Waals surface area contributed by atoms with Crippen LogP contribution in [0.4, 0.5) is 0 Å². The first kappa shape index (κ1) is 19.2. The fourth-order valence-electron chi connectivity index (χ4n) is 4.69. The summed E-state index contributed by atoms with van der Waals surface area (Å²) in [7, 11) is 0. The number of imide groups is 1. The number of carbonyl (C=O) groups excluding carboxylic acids is 2. The standard InChI is InChI=1S/C24H21BrN2O3/c25-19-9-1-16(2-10-19)14-30-20-11-3-15(4-12-20)13-26-27-23(28)21-17-5-6-18(8-7-17)22(21)24(27)29/h1-6,9-13,17-18,21-22H,7-8,14H2/b26-13-/t17-,18+,21-,22+. The summed E-state index contributed by atoms with van der Waals surface area (Å²) in [5, 5.41) is 5.33. The first-order valence-electron chi connectivity index (χ1n) is 10.2. The summed E-state index contributed by atoms with van der Waals surface area (Å²) >= 11 is 3.42. The Bertz CT molecular complexity index is 997. The van der Waals surface area contributed by atoms with Gasteiger partial charge in [0.15, 0.2) is 0 Å². The van der Waals surface area contributed by atoms with Gasteiger partial charge in [-0.2, -0.15) is 10.1 Å². The van der Waals surface area contributed by atoms with Crippen molar-refractivity contribution in [3.05, 3.63) is 76.3 Å². The Morgan fingerprint density at radius 2 is 1.53 bits per heavy atom. The lowest BCUT2D eigenvalue weighted by atomic mass is 9.63. The summed E-state index contributed by atoms with van der Waals surface area (Å²) in [6.45, 7) is 0.483. The van der Waals surface area contributed by atoms with Crippen LogP contribution in [0.1, 0.15) is 24.0 Å². The highest BCUT2D eigenvalue weighted by atomic mass is 79.9. The Morgan fingerprint density at radius 3 is 2.10 bits per heavy atom. The van der Waals surface area contributed by atoms with Crippen molar-refractivity contribution in [1.82, 2.24) is 5.01 Å². The van der Waals surface area contributed by atoms with Gasteiger partial charge in [-0.15, -0.1) is 0 Å². The zero-order valence-corrected chi connectivity index (χ0v) is 17.9. The maximum atomic E-state index is 12.8. The number of fused-ring (bicyclic) bond motifs is 1. The summed E-state index contributed by atoms with van der Waals surface area (Å²) in [4.78, 5) is 25.6. The summed E-state index contributed by atoms with van der Waals surface area (Å²) in [5.41, 5.74) is 1.89. The molecule has 2 aromatic carbocycles. The van der Waals surface area contributed by atoms with Crippen molar-refractivity contribution in [2.45, 2.75) is 19.4 Å². The molecule has 2 fully saturated rings. The third-order valence-corrected chi connectivity index (χ3v) is 6.79. The Morgan fingerprint density at radius 1 is 0.933 bits per heavy atom.